The molecular weight excluding hydrogens is 346 g/mol. The Morgan fingerprint density at radius 3 is 2.67 bits per heavy atom. The van der Waals surface area contributed by atoms with Crippen molar-refractivity contribution in [3.8, 4) is 5.82 Å². The van der Waals surface area contributed by atoms with Crippen molar-refractivity contribution < 1.29 is 4.79 Å². The van der Waals surface area contributed by atoms with Crippen LogP contribution in [0.25, 0.3) is 5.82 Å². The summed E-state index contributed by atoms with van der Waals surface area (Å²) in [6.45, 7) is 5.40. The molecule has 3 aromatic rings. The van der Waals surface area contributed by atoms with E-state index in [1.165, 1.54) is 17.3 Å². The van der Waals surface area contributed by atoms with Crippen LogP contribution in [-0.4, -0.2) is 53.6 Å². The minimum absolute atomic E-state index is 0.0488. The van der Waals surface area contributed by atoms with Crippen molar-refractivity contribution >= 4 is 11.7 Å². The number of carbonyl (C=O) groups excluding carboxylic acids is 1. The van der Waals surface area contributed by atoms with Crippen LogP contribution in [0.15, 0.2) is 31.1 Å². The molecule has 0 radical (unpaired) electrons. The molecule has 1 amide bonds. The van der Waals surface area contributed by atoms with Gasteiger partial charge in [-0.25, -0.2) is 19.3 Å². The van der Waals surface area contributed by atoms with Gasteiger partial charge in [-0.3, -0.25) is 10.2 Å². The number of aryl methyl sites for hydroxylation is 2. The zero-order chi connectivity index (χ0) is 18.8. The van der Waals surface area contributed by atoms with Gasteiger partial charge in [-0.2, -0.15) is 5.10 Å². The van der Waals surface area contributed by atoms with Crippen molar-refractivity contribution in [3.63, 3.8) is 0 Å². The van der Waals surface area contributed by atoms with Crippen LogP contribution < -0.4 is 10.3 Å². The van der Waals surface area contributed by atoms with Gasteiger partial charge in [0.25, 0.3) is 0 Å². The van der Waals surface area contributed by atoms with Crippen LogP contribution in [0.5, 0.6) is 0 Å². The van der Waals surface area contributed by atoms with E-state index in [1.807, 2.05) is 26.0 Å². The van der Waals surface area contributed by atoms with Gasteiger partial charge in [-0.05, 0) is 32.8 Å². The van der Waals surface area contributed by atoms with Crippen molar-refractivity contribution in [2.45, 2.75) is 26.7 Å². The van der Waals surface area contributed by atoms with Gasteiger partial charge in [0.15, 0.2) is 5.82 Å². The molecule has 1 aliphatic heterocycles. The number of hydrogen-bond donors (Lipinski definition) is 1. The largest absolute Gasteiger partial charge is 0.356 e. The molecule has 1 N–H and O–H groups in total. The molecule has 0 spiro atoms. The van der Waals surface area contributed by atoms with Crippen LogP contribution in [0.1, 0.15) is 24.2 Å². The van der Waals surface area contributed by atoms with Crippen LogP contribution in [-0.2, 0) is 4.79 Å². The van der Waals surface area contributed by atoms with Crippen LogP contribution in [0, 0.1) is 19.8 Å². The topological polar surface area (TPSA) is 107 Å². The maximum absolute atomic E-state index is 12.5. The molecule has 1 fully saturated rings. The fourth-order valence-corrected chi connectivity index (χ4v) is 3.36. The Kier molecular flexibility index (Phi) is 4.53. The van der Waals surface area contributed by atoms with Gasteiger partial charge in [-0.15, -0.1) is 10.2 Å². The molecule has 27 heavy (non-hydrogen) atoms. The summed E-state index contributed by atoms with van der Waals surface area (Å²) in [5, 5.41) is 11.9. The SMILES string of the molecule is Cc1cc(C)n(-c2cc(N3CCCC(C(=O)Nn4cnnc4)C3)ncn2)n1. The van der Waals surface area contributed by atoms with E-state index in [1.54, 1.807) is 11.0 Å². The van der Waals surface area contributed by atoms with Crippen LogP contribution in [0.4, 0.5) is 5.82 Å². The second kappa shape index (κ2) is 7.14. The van der Waals surface area contributed by atoms with E-state index in [0.29, 0.717) is 6.54 Å². The van der Waals surface area contributed by atoms with Gasteiger partial charge in [0, 0.05) is 24.8 Å². The number of carbonyl (C=O) groups is 1. The average molecular weight is 367 g/mol. The van der Waals surface area contributed by atoms with Crippen LogP contribution in [0.3, 0.4) is 0 Å². The number of rotatable bonds is 4. The molecule has 0 bridgehead atoms. The van der Waals surface area contributed by atoms with Gasteiger partial charge in [0.2, 0.25) is 5.91 Å². The van der Waals surface area contributed by atoms with Crippen molar-refractivity contribution in [2.24, 2.45) is 5.92 Å². The number of nitrogens with one attached hydrogen (secondary N) is 1. The zero-order valence-electron chi connectivity index (χ0n) is 15.3. The molecule has 1 aliphatic rings. The molecule has 1 saturated heterocycles. The lowest BCUT2D eigenvalue weighted by Crippen LogP contribution is -2.42. The normalized spacial score (nSPS) is 17.1. The molecule has 140 valence electrons. The minimum Gasteiger partial charge on any atom is -0.356 e. The summed E-state index contributed by atoms with van der Waals surface area (Å²) in [7, 11) is 0. The third-order valence-corrected chi connectivity index (χ3v) is 4.64. The van der Waals surface area contributed by atoms with Crippen LogP contribution in [0.2, 0.25) is 0 Å². The summed E-state index contributed by atoms with van der Waals surface area (Å²) in [5.74, 6) is 1.34. The molecule has 10 nitrogen and oxygen atoms in total. The molecular formula is C17H21N9O. The number of amides is 1. The van der Waals surface area contributed by atoms with Gasteiger partial charge < -0.3 is 4.90 Å². The third kappa shape index (κ3) is 3.64. The summed E-state index contributed by atoms with van der Waals surface area (Å²) in [6.07, 6.45) is 6.22. The summed E-state index contributed by atoms with van der Waals surface area (Å²) in [4.78, 5) is 23.4. The smallest absolute Gasteiger partial charge is 0.243 e. The average Bonchev–Trinajstić information content (AvgIpc) is 3.31. The van der Waals surface area contributed by atoms with Crippen molar-refractivity contribution in [2.75, 3.05) is 23.4 Å². The molecule has 4 heterocycles. The molecule has 0 aliphatic carbocycles. The molecule has 10 heteroatoms. The predicted molar refractivity (Wildman–Crippen MR) is 98.0 cm³/mol. The summed E-state index contributed by atoms with van der Waals surface area (Å²) >= 11 is 0. The summed E-state index contributed by atoms with van der Waals surface area (Å²) in [6, 6.07) is 3.92. The van der Waals surface area contributed by atoms with E-state index in [9.17, 15) is 4.79 Å². The molecule has 3 aromatic heterocycles. The summed E-state index contributed by atoms with van der Waals surface area (Å²) < 4.78 is 3.27. The lowest BCUT2D eigenvalue weighted by molar-refractivity contribution is -0.121. The van der Waals surface area contributed by atoms with Gasteiger partial charge in [0.05, 0.1) is 11.6 Å². The Morgan fingerprint density at radius 1 is 1.15 bits per heavy atom. The second-order valence-corrected chi connectivity index (χ2v) is 6.70. The van der Waals surface area contributed by atoms with Crippen molar-refractivity contribution in [1.29, 1.82) is 0 Å². The number of aromatic nitrogens is 7. The highest BCUT2D eigenvalue weighted by atomic mass is 16.2. The zero-order valence-corrected chi connectivity index (χ0v) is 15.3. The highest BCUT2D eigenvalue weighted by Crippen LogP contribution is 2.23. The monoisotopic (exact) mass is 367 g/mol. The number of piperidine rings is 1. The van der Waals surface area contributed by atoms with Gasteiger partial charge >= 0.3 is 0 Å². The first-order chi connectivity index (χ1) is 13.1. The maximum atomic E-state index is 12.5. The van der Waals surface area contributed by atoms with E-state index in [4.69, 9.17) is 0 Å². The van der Waals surface area contributed by atoms with Crippen LogP contribution >= 0.6 is 0 Å². The Labute approximate surface area is 156 Å². The van der Waals surface area contributed by atoms with E-state index in [-0.39, 0.29) is 11.8 Å². The first-order valence-electron chi connectivity index (χ1n) is 8.86. The number of anilines is 1. The lowest BCUT2D eigenvalue weighted by Gasteiger charge is -2.32. The Morgan fingerprint density at radius 2 is 1.93 bits per heavy atom. The maximum Gasteiger partial charge on any atom is 0.243 e. The highest BCUT2D eigenvalue weighted by molar-refractivity contribution is 5.86. The standard InChI is InChI=1S/C17H21N9O/c1-12-6-13(2)26(22-12)16-7-15(18-9-19-16)24-5-3-4-14(8-24)17(27)23-25-10-20-21-11-25/h6-7,9-11,14H,3-5,8H2,1-2H3,(H,23,27). The third-order valence-electron chi connectivity index (χ3n) is 4.64. The lowest BCUT2D eigenvalue weighted by atomic mass is 9.97. The molecule has 0 aromatic carbocycles. The molecule has 1 atom stereocenters. The van der Waals surface area contributed by atoms with Gasteiger partial charge in [-0.1, -0.05) is 0 Å². The fraction of sp³-hybridized carbons (Fsp3) is 0.412. The highest BCUT2D eigenvalue weighted by Gasteiger charge is 2.27. The first-order valence-corrected chi connectivity index (χ1v) is 8.86. The fourth-order valence-electron chi connectivity index (χ4n) is 3.36. The summed E-state index contributed by atoms with van der Waals surface area (Å²) in [5.41, 5.74) is 4.75. The van der Waals surface area contributed by atoms with E-state index in [0.717, 1.165) is 42.4 Å². The number of nitrogens with zero attached hydrogens (tertiary/aromatic N) is 8. The second-order valence-electron chi connectivity index (χ2n) is 6.70. The van der Waals surface area contributed by atoms with Crippen molar-refractivity contribution in [3.05, 3.63) is 42.5 Å². The minimum atomic E-state index is -0.131. The predicted octanol–water partition coefficient (Wildman–Crippen LogP) is 0.857. The van der Waals surface area contributed by atoms with E-state index >= 15 is 0 Å². The quantitative estimate of drug-likeness (QED) is 0.729. The van der Waals surface area contributed by atoms with Gasteiger partial charge in [0.1, 0.15) is 24.8 Å². The first kappa shape index (κ1) is 17.1. The Hall–Kier alpha value is -3.30. The van der Waals surface area contributed by atoms with E-state index in [2.05, 4.69) is 35.6 Å². The number of hydrogen-bond acceptors (Lipinski definition) is 7. The molecule has 0 saturated carbocycles. The van der Waals surface area contributed by atoms with Crippen molar-refractivity contribution in [1.82, 2.24) is 34.6 Å². The molecule has 1 unspecified atom stereocenters. The van der Waals surface area contributed by atoms with E-state index < -0.39 is 0 Å². The molecule has 4 rings (SSSR count). The Balaban J connectivity index is 1.50. The Bertz CT molecular complexity index is 934.